The monoisotopic (exact) mass is 262 g/mol. The van der Waals surface area contributed by atoms with Gasteiger partial charge in [-0.3, -0.25) is 9.78 Å². The second kappa shape index (κ2) is 6.04. The number of hydrogen-bond acceptors (Lipinski definition) is 2. The van der Waals surface area contributed by atoms with Gasteiger partial charge < -0.3 is 5.32 Å². The minimum Gasteiger partial charge on any atom is -0.352 e. The lowest BCUT2D eigenvalue weighted by Crippen LogP contribution is -2.26. The molecule has 1 heterocycles. The minimum absolute atomic E-state index is 0.0662. The van der Waals surface area contributed by atoms with Gasteiger partial charge in [0, 0.05) is 12.7 Å². The summed E-state index contributed by atoms with van der Waals surface area (Å²) < 4.78 is 26.6. The molecule has 0 bridgehead atoms. The van der Waals surface area contributed by atoms with Crippen LogP contribution in [0.4, 0.5) is 8.78 Å². The first-order valence-corrected chi connectivity index (χ1v) is 5.79. The molecule has 1 N–H and O–H groups in total. The van der Waals surface area contributed by atoms with E-state index in [1.54, 1.807) is 18.2 Å². The summed E-state index contributed by atoms with van der Waals surface area (Å²) in [5.41, 5.74) is 0.446. The Morgan fingerprint density at radius 3 is 2.68 bits per heavy atom. The molecule has 2 aromatic rings. The number of hydrogen-bond donors (Lipinski definition) is 1. The van der Waals surface area contributed by atoms with Crippen LogP contribution in [0.15, 0.2) is 42.7 Å². The lowest BCUT2D eigenvalue weighted by atomic mass is 10.1. The van der Waals surface area contributed by atoms with Crippen LogP contribution < -0.4 is 5.32 Å². The summed E-state index contributed by atoms with van der Waals surface area (Å²) in [7, 11) is 0. The molecule has 3 nitrogen and oxygen atoms in total. The number of rotatable bonds is 4. The fraction of sp³-hybridized carbons (Fsp3) is 0.143. The van der Waals surface area contributed by atoms with Gasteiger partial charge in [0.05, 0.1) is 11.8 Å². The SMILES string of the molecule is O=C(NCCc1ccccc1F)c1ccncc1F. The molecule has 0 saturated heterocycles. The molecule has 0 aliphatic carbocycles. The molecular weight excluding hydrogens is 250 g/mol. The highest BCUT2D eigenvalue weighted by molar-refractivity contribution is 5.94. The smallest absolute Gasteiger partial charge is 0.254 e. The zero-order valence-corrected chi connectivity index (χ0v) is 10.1. The van der Waals surface area contributed by atoms with E-state index < -0.39 is 11.7 Å². The first-order chi connectivity index (χ1) is 9.18. The maximum Gasteiger partial charge on any atom is 0.254 e. The lowest BCUT2D eigenvalue weighted by molar-refractivity contribution is 0.0950. The van der Waals surface area contributed by atoms with Crippen LogP contribution in [0.5, 0.6) is 0 Å². The number of nitrogens with zero attached hydrogens (tertiary/aromatic N) is 1. The number of carbonyl (C=O) groups excluding carboxylic acids is 1. The first-order valence-electron chi connectivity index (χ1n) is 5.79. The number of carbonyl (C=O) groups is 1. The minimum atomic E-state index is -0.675. The van der Waals surface area contributed by atoms with Gasteiger partial charge in [0.2, 0.25) is 0 Å². The van der Waals surface area contributed by atoms with E-state index in [4.69, 9.17) is 0 Å². The van der Waals surface area contributed by atoms with Gasteiger partial charge in [-0.05, 0) is 24.1 Å². The number of amides is 1. The number of aromatic nitrogens is 1. The molecule has 0 aliphatic heterocycles. The largest absolute Gasteiger partial charge is 0.352 e. The second-order valence-electron chi connectivity index (χ2n) is 3.95. The maximum absolute atomic E-state index is 13.3. The summed E-state index contributed by atoms with van der Waals surface area (Å²) in [5, 5.41) is 2.54. The molecule has 1 aromatic carbocycles. The zero-order chi connectivity index (χ0) is 13.7. The number of halogens is 2. The predicted octanol–water partition coefficient (Wildman–Crippen LogP) is 2.33. The van der Waals surface area contributed by atoms with E-state index >= 15 is 0 Å². The average molecular weight is 262 g/mol. The van der Waals surface area contributed by atoms with Crippen molar-refractivity contribution in [1.82, 2.24) is 10.3 Å². The van der Waals surface area contributed by atoms with Crippen LogP contribution in [-0.2, 0) is 6.42 Å². The van der Waals surface area contributed by atoms with Crippen molar-refractivity contribution < 1.29 is 13.6 Å². The Labute approximate surface area is 109 Å². The zero-order valence-electron chi connectivity index (χ0n) is 10.1. The molecule has 0 fully saturated rings. The van der Waals surface area contributed by atoms with Crippen molar-refractivity contribution in [3.63, 3.8) is 0 Å². The highest BCUT2D eigenvalue weighted by Crippen LogP contribution is 2.07. The van der Waals surface area contributed by atoms with Crippen LogP contribution in [0, 0.1) is 11.6 Å². The Morgan fingerprint density at radius 1 is 1.16 bits per heavy atom. The Morgan fingerprint density at radius 2 is 1.95 bits per heavy atom. The van der Waals surface area contributed by atoms with E-state index in [1.165, 1.54) is 18.3 Å². The summed E-state index contributed by atoms with van der Waals surface area (Å²) in [6.07, 6.45) is 2.67. The summed E-state index contributed by atoms with van der Waals surface area (Å²) in [4.78, 5) is 15.2. The van der Waals surface area contributed by atoms with Gasteiger partial charge in [-0.2, -0.15) is 0 Å². The predicted molar refractivity (Wildman–Crippen MR) is 66.6 cm³/mol. The summed E-state index contributed by atoms with van der Waals surface area (Å²) >= 11 is 0. The molecule has 0 radical (unpaired) electrons. The Balaban J connectivity index is 1.92. The fourth-order valence-corrected chi connectivity index (χ4v) is 1.67. The highest BCUT2D eigenvalue weighted by atomic mass is 19.1. The van der Waals surface area contributed by atoms with Gasteiger partial charge in [0.25, 0.3) is 5.91 Å². The molecule has 0 aliphatic rings. The van der Waals surface area contributed by atoms with Crippen LogP contribution in [-0.4, -0.2) is 17.4 Å². The highest BCUT2D eigenvalue weighted by Gasteiger charge is 2.10. The standard InChI is InChI=1S/C14H12F2N2O/c15-12-4-2-1-3-10(12)5-8-18-14(19)11-6-7-17-9-13(11)16/h1-4,6-7,9H,5,8H2,(H,18,19). The van der Waals surface area contributed by atoms with Gasteiger partial charge in [0.15, 0.2) is 5.82 Å². The van der Waals surface area contributed by atoms with E-state index in [0.717, 1.165) is 6.20 Å². The van der Waals surface area contributed by atoms with Crippen molar-refractivity contribution in [2.75, 3.05) is 6.54 Å². The summed E-state index contributed by atoms with van der Waals surface area (Å²) in [6.45, 7) is 0.238. The summed E-state index contributed by atoms with van der Waals surface area (Å²) in [6, 6.07) is 7.63. The fourth-order valence-electron chi connectivity index (χ4n) is 1.67. The lowest BCUT2D eigenvalue weighted by Gasteiger charge is -2.06. The van der Waals surface area contributed by atoms with Crippen LogP contribution in [0.3, 0.4) is 0 Å². The Kier molecular flexibility index (Phi) is 4.18. The topological polar surface area (TPSA) is 42.0 Å². The normalized spacial score (nSPS) is 10.2. The van der Waals surface area contributed by atoms with Crippen LogP contribution in [0.25, 0.3) is 0 Å². The molecule has 1 aromatic heterocycles. The molecule has 0 spiro atoms. The second-order valence-corrected chi connectivity index (χ2v) is 3.95. The van der Waals surface area contributed by atoms with E-state index in [1.807, 2.05) is 0 Å². The molecule has 1 amide bonds. The van der Waals surface area contributed by atoms with Crippen molar-refractivity contribution in [2.45, 2.75) is 6.42 Å². The van der Waals surface area contributed by atoms with Crippen molar-refractivity contribution in [1.29, 1.82) is 0 Å². The third kappa shape index (κ3) is 3.34. The number of pyridine rings is 1. The van der Waals surface area contributed by atoms with Gasteiger partial charge in [-0.25, -0.2) is 8.78 Å². The van der Waals surface area contributed by atoms with Crippen LogP contribution in [0.2, 0.25) is 0 Å². The third-order valence-corrected chi connectivity index (χ3v) is 2.65. The van der Waals surface area contributed by atoms with Gasteiger partial charge in [-0.15, -0.1) is 0 Å². The molecule has 19 heavy (non-hydrogen) atoms. The molecule has 0 atom stereocenters. The quantitative estimate of drug-likeness (QED) is 0.918. The maximum atomic E-state index is 13.3. The average Bonchev–Trinajstić information content (AvgIpc) is 2.41. The molecule has 0 saturated carbocycles. The van der Waals surface area contributed by atoms with Crippen molar-refractivity contribution >= 4 is 5.91 Å². The van der Waals surface area contributed by atoms with Crippen LogP contribution >= 0.6 is 0 Å². The third-order valence-electron chi connectivity index (χ3n) is 2.65. The van der Waals surface area contributed by atoms with Crippen LogP contribution in [0.1, 0.15) is 15.9 Å². The Bertz CT molecular complexity index is 587. The van der Waals surface area contributed by atoms with E-state index in [9.17, 15) is 13.6 Å². The number of nitrogens with one attached hydrogen (secondary N) is 1. The molecular formula is C14H12F2N2O. The van der Waals surface area contributed by atoms with Gasteiger partial charge >= 0.3 is 0 Å². The molecule has 2 rings (SSSR count). The molecule has 0 unspecified atom stereocenters. The molecule has 98 valence electrons. The van der Waals surface area contributed by atoms with E-state index in [-0.39, 0.29) is 17.9 Å². The van der Waals surface area contributed by atoms with Crippen molar-refractivity contribution in [3.05, 3.63) is 65.5 Å². The Hall–Kier alpha value is -2.30. The van der Waals surface area contributed by atoms with E-state index in [0.29, 0.717) is 12.0 Å². The number of benzene rings is 1. The van der Waals surface area contributed by atoms with Gasteiger partial charge in [-0.1, -0.05) is 18.2 Å². The van der Waals surface area contributed by atoms with Gasteiger partial charge in [0.1, 0.15) is 5.82 Å². The van der Waals surface area contributed by atoms with Crippen molar-refractivity contribution in [2.24, 2.45) is 0 Å². The summed E-state index contributed by atoms with van der Waals surface area (Å²) in [5.74, 6) is -1.52. The first kappa shape index (κ1) is 13.1. The van der Waals surface area contributed by atoms with Crippen molar-refractivity contribution in [3.8, 4) is 0 Å². The van der Waals surface area contributed by atoms with E-state index in [2.05, 4.69) is 10.3 Å². The molecule has 5 heteroatoms.